The molecule has 7 heteroatoms. The minimum Gasteiger partial charge on any atom is -0.339 e. The first-order chi connectivity index (χ1) is 14.5. The number of thioether (sulfide) groups is 1. The summed E-state index contributed by atoms with van der Waals surface area (Å²) in [7, 11) is 0. The fourth-order valence-electron chi connectivity index (χ4n) is 3.78. The summed E-state index contributed by atoms with van der Waals surface area (Å²) in [5.74, 6) is -0.125. The predicted molar refractivity (Wildman–Crippen MR) is 119 cm³/mol. The summed E-state index contributed by atoms with van der Waals surface area (Å²) in [6, 6.07) is 13.1. The predicted octanol–water partition coefficient (Wildman–Crippen LogP) is 3.56. The van der Waals surface area contributed by atoms with E-state index in [1.807, 2.05) is 41.3 Å². The highest BCUT2D eigenvalue weighted by Gasteiger charge is 2.28. The summed E-state index contributed by atoms with van der Waals surface area (Å²) in [6.07, 6.45) is 2.98. The number of likely N-dealkylation sites (tertiary alicyclic amines) is 1. The first-order valence-corrected chi connectivity index (χ1v) is 11.3. The van der Waals surface area contributed by atoms with Crippen LogP contribution < -0.4 is 10.2 Å². The number of aryl methyl sites for hydroxylation is 1. The lowest BCUT2D eigenvalue weighted by atomic mass is 10.1. The van der Waals surface area contributed by atoms with E-state index in [-0.39, 0.29) is 30.0 Å². The van der Waals surface area contributed by atoms with Gasteiger partial charge in [0.1, 0.15) is 6.54 Å². The first-order valence-electron chi connectivity index (χ1n) is 10.3. The van der Waals surface area contributed by atoms with Crippen molar-refractivity contribution >= 4 is 40.9 Å². The highest BCUT2D eigenvalue weighted by Crippen LogP contribution is 2.36. The molecule has 0 spiro atoms. The van der Waals surface area contributed by atoms with Crippen molar-refractivity contribution in [2.45, 2.75) is 31.1 Å². The van der Waals surface area contributed by atoms with Gasteiger partial charge in [-0.3, -0.25) is 14.4 Å². The van der Waals surface area contributed by atoms with Crippen molar-refractivity contribution in [2.75, 3.05) is 35.6 Å². The highest BCUT2D eigenvalue weighted by atomic mass is 32.2. The van der Waals surface area contributed by atoms with Crippen LogP contribution in [0.1, 0.15) is 35.7 Å². The molecule has 0 radical (unpaired) electrons. The number of benzene rings is 2. The van der Waals surface area contributed by atoms with Crippen LogP contribution in [-0.4, -0.2) is 48.0 Å². The lowest BCUT2D eigenvalue weighted by molar-refractivity contribution is -0.120. The second-order valence-electron chi connectivity index (χ2n) is 7.55. The number of amides is 3. The normalized spacial score (nSPS) is 15.8. The Morgan fingerprint density at radius 1 is 1.07 bits per heavy atom. The van der Waals surface area contributed by atoms with Crippen molar-refractivity contribution in [1.29, 1.82) is 0 Å². The molecule has 1 fully saturated rings. The number of carbonyl (C=O) groups excluding carboxylic acids is 3. The van der Waals surface area contributed by atoms with Crippen LogP contribution >= 0.6 is 11.8 Å². The maximum atomic E-state index is 12.8. The van der Waals surface area contributed by atoms with Crippen molar-refractivity contribution < 1.29 is 14.4 Å². The molecule has 0 aromatic heterocycles. The van der Waals surface area contributed by atoms with Crippen LogP contribution in [0.15, 0.2) is 47.4 Å². The molecule has 30 heavy (non-hydrogen) atoms. The molecule has 156 valence electrons. The van der Waals surface area contributed by atoms with E-state index in [9.17, 15) is 14.4 Å². The van der Waals surface area contributed by atoms with Crippen molar-refractivity contribution in [3.8, 4) is 0 Å². The van der Waals surface area contributed by atoms with E-state index in [1.165, 1.54) is 22.2 Å². The lowest BCUT2D eigenvalue weighted by Crippen LogP contribution is -2.41. The number of fused-ring (bicyclic) bond motifs is 1. The van der Waals surface area contributed by atoms with Crippen LogP contribution in [0.3, 0.4) is 0 Å². The number of hydrogen-bond donors (Lipinski definition) is 1. The van der Waals surface area contributed by atoms with E-state index in [1.54, 1.807) is 6.07 Å². The molecule has 4 rings (SSSR count). The van der Waals surface area contributed by atoms with Gasteiger partial charge in [-0.2, -0.15) is 0 Å². The van der Waals surface area contributed by atoms with Gasteiger partial charge in [-0.15, -0.1) is 11.8 Å². The number of nitrogens with zero attached hydrogens (tertiary/aromatic N) is 2. The Hall–Kier alpha value is -2.80. The Morgan fingerprint density at radius 2 is 1.80 bits per heavy atom. The molecule has 2 aromatic rings. The molecule has 0 bridgehead atoms. The largest absolute Gasteiger partial charge is 0.339 e. The standard InChI is InChI=1S/C23H25N3O3S/c1-2-16-5-8-18(9-6-16)24-21(27)14-26-19-13-17(23(29)25-11-3-4-12-25)7-10-20(19)30-15-22(26)28/h5-10,13H,2-4,11-12,14-15H2,1H3,(H,24,27). The van der Waals surface area contributed by atoms with E-state index in [0.717, 1.165) is 37.2 Å². The Labute approximate surface area is 180 Å². The molecule has 0 unspecified atom stereocenters. The average molecular weight is 424 g/mol. The molecule has 1 N–H and O–H groups in total. The maximum absolute atomic E-state index is 12.8. The van der Waals surface area contributed by atoms with Gasteiger partial charge in [-0.25, -0.2) is 0 Å². The number of hydrogen-bond acceptors (Lipinski definition) is 4. The van der Waals surface area contributed by atoms with Gasteiger partial charge in [0.15, 0.2) is 0 Å². The Bertz CT molecular complexity index is 968. The van der Waals surface area contributed by atoms with Crippen LogP contribution in [0.2, 0.25) is 0 Å². The molecule has 2 aliphatic heterocycles. The number of nitrogens with one attached hydrogen (secondary N) is 1. The van der Waals surface area contributed by atoms with E-state index in [4.69, 9.17) is 0 Å². The van der Waals surface area contributed by atoms with Gasteiger partial charge in [0.2, 0.25) is 11.8 Å². The molecule has 0 saturated carbocycles. The summed E-state index contributed by atoms with van der Waals surface area (Å²) < 4.78 is 0. The molecule has 0 aliphatic carbocycles. The minimum absolute atomic E-state index is 0.0151. The third-order valence-corrected chi connectivity index (χ3v) is 6.54. The zero-order valence-electron chi connectivity index (χ0n) is 17.0. The monoisotopic (exact) mass is 423 g/mol. The van der Waals surface area contributed by atoms with Crippen LogP contribution in [0.4, 0.5) is 11.4 Å². The second-order valence-corrected chi connectivity index (χ2v) is 8.57. The zero-order valence-corrected chi connectivity index (χ0v) is 17.8. The van der Waals surface area contributed by atoms with Crippen molar-refractivity contribution in [3.05, 3.63) is 53.6 Å². The van der Waals surface area contributed by atoms with Gasteiger partial charge in [-0.1, -0.05) is 19.1 Å². The molecule has 1 saturated heterocycles. The number of carbonyl (C=O) groups is 3. The molecule has 2 heterocycles. The van der Waals surface area contributed by atoms with E-state index < -0.39 is 0 Å². The fourth-order valence-corrected chi connectivity index (χ4v) is 4.70. The molecule has 0 atom stereocenters. The fraction of sp³-hybridized carbons (Fsp3) is 0.348. The van der Waals surface area contributed by atoms with Crippen molar-refractivity contribution in [1.82, 2.24) is 4.90 Å². The molecule has 2 aliphatic rings. The molecule has 3 amide bonds. The van der Waals surface area contributed by atoms with Crippen molar-refractivity contribution in [3.63, 3.8) is 0 Å². The smallest absolute Gasteiger partial charge is 0.253 e. The summed E-state index contributed by atoms with van der Waals surface area (Å²) in [5, 5.41) is 2.86. The van der Waals surface area contributed by atoms with E-state index in [2.05, 4.69) is 12.2 Å². The second kappa shape index (κ2) is 8.92. The minimum atomic E-state index is -0.262. The molecule has 6 nitrogen and oxygen atoms in total. The quantitative estimate of drug-likeness (QED) is 0.798. The van der Waals surface area contributed by atoms with Crippen LogP contribution in [0, 0.1) is 0 Å². The number of anilines is 2. The van der Waals surface area contributed by atoms with Gasteiger partial charge in [-0.05, 0) is 55.2 Å². The van der Waals surface area contributed by atoms with Gasteiger partial charge in [0, 0.05) is 29.2 Å². The lowest BCUT2D eigenvalue weighted by Gasteiger charge is -2.29. The van der Waals surface area contributed by atoms with Gasteiger partial charge in [0.25, 0.3) is 5.91 Å². The Balaban J connectivity index is 1.52. The summed E-state index contributed by atoms with van der Waals surface area (Å²) in [6.45, 7) is 3.54. The average Bonchev–Trinajstić information content (AvgIpc) is 3.30. The molecular formula is C23H25N3O3S. The third-order valence-electron chi connectivity index (χ3n) is 5.49. The summed E-state index contributed by atoms with van der Waals surface area (Å²) in [5.41, 5.74) is 3.10. The van der Waals surface area contributed by atoms with Gasteiger partial charge >= 0.3 is 0 Å². The van der Waals surface area contributed by atoms with Gasteiger partial charge < -0.3 is 15.1 Å². The van der Waals surface area contributed by atoms with Gasteiger partial charge in [0.05, 0.1) is 11.4 Å². The maximum Gasteiger partial charge on any atom is 0.253 e. The molecular weight excluding hydrogens is 398 g/mol. The Kier molecular flexibility index (Phi) is 6.08. The third kappa shape index (κ3) is 4.36. The summed E-state index contributed by atoms with van der Waals surface area (Å²) in [4.78, 5) is 42.2. The topological polar surface area (TPSA) is 69.7 Å². The first kappa shape index (κ1) is 20.5. The SMILES string of the molecule is CCc1ccc(NC(=O)CN2C(=O)CSc3ccc(C(=O)N4CCCC4)cc32)cc1. The van der Waals surface area contributed by atoms with Crippen LogP contribution in [-0.2, 0) is 16.0 Å². The van der Waals surface area contributed by atoms with Crippen LogP contribution in [0.5, 0.6) is 0 Å². The highest BCUT2D eigenvalue weighted by molar-refractivity contribution is 8.00. The van der Waals surface area contributed by atoms with E-state index >= 15 is 0 Å². The zero-order chi connectivity index (χ0) is 21.1. The Morgan fingerprint density at radius 3 is 2.50 bits per heavy atom. The van der Waals surface area contributed by atoms with Crippen LogP contribution in [0.25, 0.3) is 0 Å². The number of rotatable bonds is 5. The van der Waals surface area contributed by atoms with E-state index in [0.29, 0.717) is 16.9 Å². The van der Waals surface area contributed by atoms with Crippen molar-refractivity contribution in [2.24, 2.45) is 0 Å². The summed E-state index contributed by atoms with van der Waals surface area (Å²) >= 11 is 1.44. The molecule has 2 aromatic carbocycles.